The molecule has 1 aromatic heterocycles. The molecule has 0 bridgehead atoms. The molecular formula is C15H12N2O3. The molecule has 0 fully saturated rings. The molecule has 1 N–H and O–H groups in total. The van der Waals surface area contributed by atoms with Crippen LogP contribution in [0.3, 0.4) is 0 Å². The third-order valence-electron chi connectivity index (χ3n) is 3.11. The van der Waals surface area contributed by atoms with Crippen molar-refractivity contribution in [2.75, 3.05) is 5.32 Å². The van der Waals surface area contributed by atoms with Gasteiger partial charge in [0, 0.05) is 18.3 Å². The minimum atomic E-state index is 0.0270. The molecule has 20 heavy (non-hydrogen) atoms. The lowest BCUT2D eigenvalue weighted by Crippen LogP contribution is -2.18. The number of hydrogen-bond donors (Lipinski definition) is 1. The molecule has 3 rings (SSSR count). The van der Waals surface area contributed by atoms with Crippen molar-refractivity contribution in [2.45, 2.75) is 12.8 Å². The molecule has 1 aromatic carbocycles. The fourth-order valence-electron chi connectivity index (χ4n) is 2.11. The van der Waals surface area contributed by atoms with Gasteiger partial charge in [0.25, 0.3) is 0 Å². The van der Waals surface area contributed by atoms with Crippen LogP contribution in [0.1, 0.15) is 22.3 Å². The number of carbonyl (C=O) groups excluding carboxylic acids is 2. The summed E-state index contributed by atoms with van der Waals surface area (Å²) in [7, 11) is 0. The number of benzene rings is 1. The van der Waals surface area contributed by atoms with Crippen molar-refractivity contribution in [3.63, 3.8) is 0 Å². The Hall–Kier alpha value is -2.69. The van der Waals surface area contributed by atoms with Gasteiger partial charge in [-0.1, -0.05) is 0 Å². The van der Waals surface area contributed by atoms with Gasteiger partial charge in [0.1, 0.15) is 5.75 Å². The Morgan fingerprint density at radius 1 is 1.25 bits per heavy atom. The zero-order valence-electron chi connectivity index (χ0n) is 10.6. The van der Waals surface area contributed by atoms with Crippen molar-refractivity contribution < 1.29 is 14.3 Å². The number of rotatable bonds is 3. The monoisotopic (exact) mass is 268 g/mol. The number of aldehydes is 1. The number of anilines is 1. The summed E-state index contributed by atoms with van der Waals surface area (Å²) in [6.07, 6.45) is 3.43. The van der Waals surface area contributed by atoms with E-state index in [1.807, 2.05) is 6.07 Å². The van der Waals surface area contributed by atoms with Gasteiger partial charge in [-0.25, -0.2) is 4.98 Å². The molecule has 1 aliphatic rings. The van der Waals surface area contributed by atoms with E-state index in [0.29, 0.717) is 30.4 Å². The molecule has 0 radical (unpaired) electrons. The van der Waals surface area contributed by atoms with E-state index in [-0.39, 0.29) is 11.8 Å². The number of nitrogens with zero attached hydrogens (tertiary/aromatic N) is 1. The van der Waals surface area contributed by atoms with Crippen molar-refractivity contribution in [2.24, 2.45) is 0 Å². The van der Waals surface area contributed by atoms with Gasteiger partial charge >= 0.3 is 0 Å². The van der Waals surface area contributed by atoms with Gasteiger partial charge in [-0.15, -0.1) is 0 Å². The predicted octanol–water partition coefficient (Wildman–Crippen LogP) is 2.57. The molecule has 1 amide bonds. The second-order valence-corrected chi connectivity index (χ2v) is 4.48. The molecular weight excluding hydrogens is 256 g/mol. The van der Waals surface area contributed by atoms with Crippen LogP contribution in [0, 0.1) is 0 Å². The van der Waals surface area contributed by atoms with Gasteiger partial charge in [-0.2, -0.15) is 0 Å². The summed E-state index contributed by atoms with van der Waals surface area (Å²) in [4.78, 5) is 26.3. The van der Waals surface area contributed by atoms with Crippen LogP contribution in [0.25, 0.3) is 0 Å². The van der Waals surface area contributed by atoms with Gasteiger partial charge < -0.3 is 10.1 Å². The fourth-order valence-corrected chi connectivity index (χ4v) is 2.11. The van der Waals surface area contributed by atoms with Gasteiger partial charge in [0.2, 0.25) is 11.8 Å². The molecule has 2 aromatic rings. The number of aromatic nitrogens is 1. The summed E-state index contributed by atoms with van der Waals surface area (Å²) in [5, 5.41) is 2.81. The first kappa shape index (κ1) is 12.3. The first-order valence-corrected chi connectivity index (χ1v) is 6.27. The van der Waals surface area contributed by atoms with Crippen LogP contribution in [0.15, 0.2) is 36.5 Å². The summed E-state index contributed by atoms with van der Waals surface area (Å²) in [5.41, 5.74) is 2.23. The Morgan fingerprint density at radius 3 is 3.00 bits per heavy atom. The van der Waals surface area contributed by atoms with Crippen LogP contribution < -0.4 is 10.1 Å². The first-order chi connectivity index (χ1) is 9.76. The van der Waals surface area contributed by atoms with Crippen molar-refractivity contribution in [1.82, 2.24) is 4.98 Å². The Kier molecular flexibility index (Phi) is 3.16. The van der Waals surface area contributed by atoms with Crippen LogP contribution in [-0.2, 0) is 11.2 Å². The van der Waals surface area contributed by atoms with Crippen LogP contribution in [0.2, 0.25) is 0 Å². The number of nitrogens with one attached hydrogen (secondary N) is 1. The number of hydrogen-bond acceptors (Lipinski definition) is 4. The number of pyridine rings is 1. The first-order valence-electron chi connectivity index (χ1n) is 6.27. The average Bonchev–Trinajstić information content (AvgIpc) is 2.48. The Morgan fingerprint density at radius 2 is 2.15 bits per heavy atom. The maximum Gasteiger partial charge on any atom is 0.229 e. The van der Waals surface area contributed by atoms with E-state index < -0.39 is 0 Å². The Bertz CT molecular complexity index is 683. The summed E-state index contributed by atoms with van der Waals surface area (Å²) < 4.78 is 5.64. The molecule has 2 heterocycles. The highest BCUT2D eigenvalue weighted by Gasteiger charge is 2.15. The number of fused-ring (bicyclic) bond motifs is 1. The minimum absolute atomic E-state index is 0.0270. The van der Waals surface area contributed by atoms with E-state index in [1.165, 1.54) is 0 Å². The standard InChI is InChI=1S/C15H12N2O3/c18-9-11-2-1-7-16-15(11)20-12-4-5-13-10(8-12)3-6-14(19)17-13/h1-2,4-5,7-9H,3,6H2,(H,17,19). The molecule has 0 spiro atoms. The predicted molar refractivity (Wildman–Crippen MR) is 73.1 cm³/mol. The van der Waals surface area contributed by atoms with Crippen molar-refractivity contribution in [3.05, 3.63) is 47.7 Å². The van der Waals surface area contributed by atoms with E-state index in [2.05, 4.69) is 10.3 Å². The topological polar surface area (TPSA) is 68.3 Å². The van der Waals surface area contributed by atoms with Gasteiger partial charge in [0.05, 0.1) is 5.56 Å². The molecule has 1 aliphatic heterocycles. The van der Waals surface area contributed by atoms with E-state index in [1.54, 1.807) is 30.5 Å². The van der Waals surface area contributed by atoms with Crippen molar-refractivity contribution >= 4 is 17.9 Å². The van der Waals surface area contributed by atoms with Crippen LogP contribution in [0.4, 0.5) is 5.69 Å². The van der Waals surface area contributed by atoms with Crippen LogP contribution in [0.5, 0.6) is 11.6 Å². The molecule has 0 saturated carbocycles. The SMILES string of the molecule is O=Cc1cccnc1Oc1ccc2c(c1)CCC(=O)N2. The normalized spacial score (nSPS) is 13.3. The number of amides is 1. The molecule has 0 unspecified atom stereocenters. The van der Waals surface area contributed by atoms with Crippen LogP contribution >= 0.6 is 0 Å². The number of ether oxygens (including phenoxy) is 1. The van der Waals surface area contributed by atoms with Gasteiger partial charge in [-0.05, 0) is 42.3 Å². The zero-order chi connectivity index (χ0) is 13.9. The fraction of sp³-hybridized carbons (Fsp3) is 0.133. The second kappa shape index (κ2) is 5.13. The van der Waals surface area contributed by atoms with Gasteiger partial charge in [0.15, 0.2) is 6.29 Å². The Balaban J connectivity index is 1.88. The quantitative estimate of drug-likeness (QED) is 0.869. The molecule has 100 valence electrons. The highest BCUT2D eigenvalue weighted by molar-refractivity contribution is 5.94. The lowest BCUT2D eigenvalue weighted by atomic mass is 10.0. The lowest BCUT2D eigenvalue weighted by Gasteiger charge is -2.17. The molecule has 0 atom stereocenters. The Labute approximate surface area is 115 Å². The van der Waals surface area contributed by atoms with E-state index in [0.717, 1.165) is 11.3 Å². The van der Waals surface area contributed by atoms with Gasteiger partial charge in [-0.3, -0.25) is 9.59 Å². The van der Waals surface area contributed by atoms with Crippen molar-refractivity contribution in [3.8, 4) is 11.6 Å². The smallest absolute Gasteiger partial charge is 0.229 e. The molecule has 0 saturated heterocycles. The summed E-state index contributed by atoms with van der Waals surface area (Å²) in [6, 6.07) is 8.73. The highest BCUT2D eigenvalue weighted by atomic mass is 16.5. The zero-order valence-corrected chi connectivity index (χ0v) is 10.6. The summed E-state index contributed by atoms with van der Waals surface area (Å²) >= 11 is 0. The minimum Gasteiger partial charge on any atom is -0.438 e. The second-order valence-electron chi connectivity index (χ2n) is 4.48. The summed E-state index contributed by atoms with van der Waals surface area (Å²) in [5.74, 6) is 0.906. The van der Waals surface area contributed by atoms with E-state index in [4.69, 9.17) is 4.74 Å². The molecule has 5 nitrogen and oxygen atoms in total. The van der Waals surface area contributed by atoms with Crippen LogP contribution in [-0.4, -0.2) is 17.2 Å². The third-order valence-corrected chi connectivity index (χ3v) is 3.11. The maximum atomic E-state index is 11.3. The molecule has 5 heteroatoms. The summed E-state index contributed by atoms with van der Waals surface area (Å²) in [6.45, 7) is 0. The lowest BCUT2D eigenvalue weighted by molar-refractivity contribution is -0.116. The maximum absolute atomic E-state index is 11.3. The van der Waals surface area contributed by atoms with E-state index in [9.17, 15) is 9.59 Å². The molecule has 0 aliphatic carbocycles. The third kappa shape index (κ3) is 2.38. The van der Waals surface area contributed by atoms with Crippen molar-refractivity contribution in [1.29, 1.82) is 0 Å². The average molecular weight is 268 g/mol. The van der Waals surface area contributed by atoms with E-state index >= 15 is 0 Å². The largest absolute Gasteiger partial charge is 0.438 e. The number of aryl methyl sites for hydroxylation is 1. The number of carbonyl (C=O) groups is 2. The highest BCUT2D eigenvalue weighted by Crippen LogP contribution is 2.29.